The maximum atomic E-state index is 14.3. The average molecular weight is 339 g/mol. The number of rotatable bonds is 3. The summed E-state index contributed by atoms with van der Waals surface area (Å²) in [5, 5.41) is 4.59. The van der Waals surface area contributed by atoms with Crippen molar-refractivity contribution in [2.75, 3.05) is 6.54 Å². The first kappa shape index (κ1) is 15.6. The summed E-state index contributed by atoms with van der Waals surface area (Å²) in [6.45, 7) is 2.11. The SMILES string of the molecule is Cn1cc(CN2CC3C[C@@H]4CC2C[C@H](C3)C4)c(-c2ccccc2F)n1. The Morgan fingerprint density at radius 2 is 1.76 bits per heavy atom. The number of aryl methyl sites for hydroxylation is 1. The van der Waals surface area contributed by atoms with Crippen LogP contribution in [0.2, 0.25) is 0 Å². The van der Waals surface area contributed by atoms with E-state index >= 15 is 0 Å². The first-order valence-electron chi connectivity index (χ1n) is 9.67. The molecule has 1 aromatic heterocycles. The lowest BCUT2D eigenvalue weighted by Gasteiger charge is -2.39. The molecule has 6 rings (SSSR count). The van der Waals surface area contributed by atoms with Crippen LogP contribution >= 0.6 is 0 Å². The second kappa shape index (κ2) is 5.94. The normalized spacial score (nSPS) is 31.4. The monoisotopic (exact) mass is 339 g/mol. The van der Waals surface area contributed by atoms with Crippen molar-refractivity contribution in [3.63, 3.8) is 0 Å². The molecule has 25 heavy (non-hydrogen) atoms. The van der Waals surface area contributed by atoms with Gasteiger partial charge in [-0.25, -0.2) is 4.39 Å². The minimum Gasteiger partial charge on any atom is -0.296 e. The zero-order valence-corrected chi connectivity index (χ0v) is 14.9. The van der Waals surface area contributed by atoms with Crippen LogP contribution in [0, 0.1) is 23.6 Å². The van der Waals surface area contributed by atoms with Crippen molar-refractivity contribution < 1.29 is 4.39 Å². The second-order valence-electron chi connectivity index (χ2n) is 8.52. The maximum absolute atomic E-state index is 14.3. The Labute approximate surface area is 148 Å². The molecule has 3 nitrogen and oxygen atoms in total. The van der Waals surface area contributed by atoms with Crippen LogP contribution in [0.25, 0.3) is 11.3 Å². The molecule has 4 aliphatic rings. The van der Waals surface area contributed by atoms with E-state index in [1.165, 1.54) is 44.7 Å². The molecule has 0 N–H and O–H groups in total. The molecular weight excluding hydrogens is 313 g/mol. The van der Waals surface area contributed by atoms with Crippen molar-refractivity contribution in [1.29, 1.82) is 0 Å². The van der Waals surface area contributed by atoms with Crippen LogP contribution in [0.1, 0.15) is 37.7 Å². The standard InChI is InChI=1S/C21H26FN3/c1-24-12-17(21(23-24)19-4-2-3-5-20(19)22)13-25-11-16-7-14-6-15(8-16)10-18(25)9-14/h2-5,12,14-16,18H,6-11,13H2,1H3/t14-,15+,16?,18?. The van der Waals surface area contributed by atoms with E-state index < -0.39 is 0 Å². The smallest absolute Gasteiger partial charge is 0.132 e. The molecule has 4 heteroatoms. The number of hydrogen-bond acceptors (Lipinski definition) is 2. The molecule has 4 atom stereocenters. The Kier molecular flexibility index (Phi) is 3.70. The van der Waals surface area contributed by atoms with Crippen LogP contribution < -0.4 is 0 Å². The Balaban J connectivity index is 1.46. The zero-order valence-electron chi connectivity index (χ0n) is 14.9. The second-order valence-corrected chi connectivity index (χ2v) is 8.52. The molecule has 0 spiro atoms. The van der Waals surface area contributed by atoms with E-state index in [-0.39, 0.29) is 5.82 Å². The highest BCUT2D eigenvalue weighted by Gasteiger charge is 2.42. The number of benzene rings is 1. The first-order chi connectivity index (χ1) is 12.2. The Bertz CT molecular complexity index is 769. The third kappa shape index (κ3) is 2.80. The summed E-state index contributed by atoms with van der Waals surface area (Å²) in [7, 11) is 1.93. The molecule has 2 saturated heterocycles. The number of aromatic nitrogens is 2. The van der Waals surface area contributed by atoms with Gasteiger partial charge in [0, 0.05) is 43.5 Å². The Hall–Kier alpha value is -1.68. The minimum atomic E-state index is -0.182. The van der Waals surface area contributed by atoms with Gasteiger partial charge in [-0.05, 0) is 62.0 Å². The molecule has 4 bridgehead atoms. The van der Waals surface area contributed by atoms with Crippen LogP contribution in [0.5, 0.6) is 0 Å². The van der Waals surface area contributed by atoms with Gasteiger partial charge in [-0.2, -0.15) is 5.10 Å². The quantitative estimate of drug-likeness (QED) is 0.834. The summed E-state index contributed by atoms with van der Waals surface area (Å²) < 4.78 is 16.1. The molecule has 2 aliphatic heterocycles. The van der Waals surface area contributed by atoms with Gasteiger partial charge in [0.2, 0.25) is 0 Å². The number of fused-ring (bicyclic) bond motifs is 1. The van der Waals surface area contributed by atoms with E-state index in [0.29, 0.717) is 11.6 Å². The van der Waals surface area contributed by atoms with Gasteiger partial charge in [0.05, 0.1) is 5.69 Å². The third-order valence-corrected chi connectivity index (χ3v) is 6.63. The van der Waals surface area contributed by atoms with Crippen LogP contribution in [-0.4, -0.2) is 27.3 Å². The van der Waals surface area contributed by atoms with E-state index in [0.717, 1.165) is 35.6 Å². The van der Waals surface area contributed by atoms with E-state index in [4.69, 9.17) is 0 Å². The number of halogens is 1. The molecule has 2 saturated carbocycles. The minimum absolute atomic E-state index is 0.182. The van der Waals surface area contributed by atoms with Crippen LogP contribution in [0.15, 0.2) is 30.5 Å². The fraction of sp³-hybridized carbons (Fsp3) is 0.571. The molecular formula is C21H26FN3. The highest BCUT2D eigenvalue weighted by molar-refractivity contribution is 5.63. The van der Waals surface area contributed by atoms with Crippen molar-refractivity contribution in [2.45, 2.75) is 44.7 Å². The lowest BCUT2D eigenvalue weighted by Crippen LogP contribution is -2.37. The van der Waals surface area contributed by atoms with Gasteiger partial charge in [-0.15, -0.1) is 0 Å². The van der Waals surface area contributed by atoms with Crippen molar-refractivity contribution >= 4 is 0 Å². The van der Waals surface area contributed by atoms with E-state index in [1.807, 2.05) is 23.9 Å². The molecule has 132 valence electrons. The first-order valence-corrected chi connectivity index (χ1v) is 9.67. The van der Waals surface area contributed by atoms with Gasteiger partial charge in [-0.3, -0.25) is 9.58 Å². The van der Waals surface area contributed by atoms with Crippen LogP contribution in [0.3, 0.4) is 0 Å². The molecule has 1 aromatic carbocycles. The molecule has 0 amide bonds. The van der Waals surface area contributed by atoms with Crippen molar-refractivity contribution in [1.82, 2.24) is 14.7 Å². The van der Waals surface area contributed by atoms with Crippen molar-refractivity contribution in [2.24, 2.45) is 24.8 Å². The van der Waals surface area contributed by atoms with Gasteiger partial charge in [0.1, 0.15) is 5.82 Å². The highest BCUT2D eigenvalue weighted by atomic mass is 19.1. The summed E-state index contributed by atoms with van der Waals surface area (Å²) in [6, 6.07) is 7.72. The van der Waals surface area contributed by atoms with Crippen molar-refractivity contribution in [3.8, 4) is 11.3 Å². The molecule has 2 aliphatic carbocycles. The zero-order chi connectivity index (χ0) is 17.0. The van der Waals surface area contributed by atoms with Gasteiger partial charge in [0.15, 0.2) is 0 Å². The summed E-state index contributed by atoms with van der Waals surface area (Å²) in [4.78, 5) is 2.69. The lowest BCUT2D eigenvalue weighted by molar-refractivity contribution is 0.122. The summed E-state index contributed by atoms with van der Waals surface area (Å²) in [5.41, 5.74) is 2.59. The highest BCUT2D eigenvalue weighted by Crippen LogP contribution is 2.47. The van der Waals surface area contributed by atoms with Gasteiger partial charge < -0.3 is 0 Å². The summed E-state index contributed by atoms with van der Waals surface area (Å²) in [6.07, 6.45) is 9.13. The molecule has 3 heterocycles. The summed E-state index contributed by atoms with van der Waals surface area (Å²) >= 11 is 0. The maximum Gasteiger partial charge on any atom is 0.132 e. The predicted molar refractivity (Wildman–Crippen MR) is 96.4 cm³/mol. The molecule has 4 fully saturated rings. The summed E-state index contributed by atoms with van der Waals surface area (Å²) in [5.74, 6) is 2.59. The van der Waals surface area contributed by atoms with Gasteiger partial charge in [-0.1, -0.05) is 12.1 Å². The third-order valence-electron chi connectivity index (χ3n) is 6.63. The van der Waals surface area contributed by atoms with E-state index in [1.54, 1.807) is 6.07 Å². The van der Waals surface area contributed by atoms with Gasteiger partial charge in [0.25, 0.3) is 0 Å². The number of hydrogen-bond donors (Lipinski definition) is 0. The van der Waals surface area contributed by atoms with Crippen LogP contribution in [-0.2, 0) is 13.6 Å². The van der Waals surface area contributed by atoms with E-state index in [2.05, 4.69) is 16.2 Å². The van der Waals surface area contributed by atoms with Crippen LogP contribution in [0.4, 0.5) is 4.39 Å². The largest absolute Gasteiger partial charge is 0.296 e. The molecule has 2 aromatic rings. The average Bonchev–Trinajstić information content (AvgIpc) is 2.83. The fourth-order valence-electron chi connectivity index (χ4n) is 5.83. The Morgan fingerprint density at radius 3 is 2.52 bits per heavy atom. The fourth-order valence-corrected chi connectivity index (χ4v) is 5.83. The molecule has 0 radical (unpaired) electrons. The molecule has 2 unspecified atom stereocenters. The topological polar surface area (TPSA) is 21.1 Å². The van der Waals surface area contributed by atoms with E-state index in [9.17, 15) is 4.39 Å². The predicted octanol–water partition coefficient (Wildman–Crippen LogP) is 4.24. The lowest BCUT2D eigenvalue weighted by atomic mass is 9.68. The van der Waals surface area contributed by atoms with Crippen molar-refractivity contribution in [3.05, 3.63) is 41.8 Å². The van der Waals surface area contributed by atoms with Gasteiger partial charge >= 0.3 is 0 Å². The number of nitrogens with zero attached hydrogens (tertiary/aromatic N) is 3. The Morgan fingerprint density at radius 1 is 1.04 bits per heavy atom.